The molecule has 0 saturated heterocycles. The second-order valence-corrected chi connectivity index (χ2v) is 7.11. The first-order chi connectivity index (χ1) is 14.2. The highest BCUT2D eigenvalue weighted by Gasteiger charge is 2.47. The van der Waals surface area contributed by atoms with E-state index in [9.17, 15) is 23.1 Å². The van der Waals surface area contributed by atoms with Crippen molar-refractivity contribution >= 4 is 17.4 Å². The van der Waals surface area contributed by atoms with Gasteiger partial charge in [-0.2, -0.15) is 18.3 Å². The quantitative estimate of drug-likeness (QED) is 0.580. The molecule has 2 aromatic heterocycles. The lowest BCUT2D eigenvalue weighted by Crippen LogP contribution is -2.36. The second-order valence-electron chi connectivity index (χ2n) is 7.11. The number of hydrogen-bond donors (Lipinski definition) is 3. The van der Waals surface area contributed by atoms with Crippen LogP contribution in [0.4, 0.5) is 24.7 Å². The highest BCUT2D eigenvalue weighted by atomic mass is 19.4. The van der Waals surface area contributed by atoms with Crippen molar-refractivity contribution in [1.29, 1.82) is 0 Å². The van der Waals surface area contributed by atoms with E-state index in [1.807, 2.05) is 0 Å². The molecule has 1 unspecified atom stereocenters. The van der Waals surface area contributed by atoms with Gasteiger partial charge in [0.2, 0.25) is 0 Å². The largest absolute Gasteiger partial charge is 0.467 e. The molecule has 30 heavy (non-hydrogen) atoms. The lowest BCUT2D eigenvalue weighted by atomic mass is 10.0. The number of fused-ring (bicyclic) bond motifs is 1. The average Bonchev–Trinajstić information content (AvgIpc) is 3.36. The Balaban J connectivity index is 1.66. The lowest BCUT2D eigenvalue weighted by Gasteiger charge is -2.32. The molecule has 0 aliphatic carbocycles. The van der Waals surface area contributed by atoms with E-state index in [-0.39, 0.29) is 17.8 Å². The second kappa shape index (κ2) is 7.52. The Morgan fingerprint density at radius 2 is 2.17 bits per heavy atom. The zero-order chi connectivity index (χ0) is 21.5. The molecule has 0 fully saturated rings. The summed E-state index contributed by atoms with van der Waals surface area (Å²) >= 11 is 0. The first kappa shape index (κ1) is 20.0. The Labute approximate surface area is 169 Å². The van der Waals surface area contributed by atoms with Gasteiger partial charge in [0.1, 0.15) is 17.1 Å². The molecule has 0 spiro atoms. The van der Waals surface area contributed by atoms with Crippen LogP contribution in [-0.2, 0) is 0 Å². The van der Waals surface area contributed by atoms with E-state index >= 15 is 0 Å². The molecule has 1 aliphatic heterocycles. The summed E-state index contributed by atoms with van der Waals surface area (Å²) in [7, 11) is 0. The van der Waals surface area contributed by atoms with Gasteiger partial charge in [-0.1, -0.05) is 12.1 Å². The molecular formula is C20H19F3N4O3. The SMILES string of the molecule is CC(O)c1cccc(NC(=O)c2cnn3c2N[C@@H](c2ccco2)C[C@H]3C(F)(F)F)c1. The Kier molecular flexibility index (Phi) is 5.02. The maximum atomic E-state index is 13.7. The molecule has 1 amide bonds. The zero-order valence-electron chi connectivity index (χ0n) is 15.8. The molecule has 0 saturated carbocycles. The number of aliphatic hydroxyl groups excluding tert-OH is 1. The number of rotatable bonds is 4. The number of nitrogens with zero attached hydrogens (tertiary/aromatic N) is 2. The van der Waals surface area contributed by atoms with Crippen LogP contribution in [0.25, 0.3) is 0 Å². The van der Waals surface area contributed by atoms with Crippen molar-refractivity contribution in [3.8, 4) is 0 Å². The predicted octanol–water partition coefficient (Wildman–Crippen LogP) is 4.44. The molecule has 7 nitrogen and oxygen atoms in total. The molecule has 3 atom stereocenters. The number of alkyl halides is 3. The Hall–Kier alpha value is -3.27. The van der Waals surface area contributed by atoms with Crippen LogP contribution in [0.1, 0.15) is 53.2 Å². The number of anilines is 2. The summed E-state index contributed by atoms with van der Waals surface area (Å²) in [5.41, 5.74) is 0.977. The number of aliphatic hydroxyl groups is 1. The Morgan fingerprint density at radius 1 is 1.37 bits per heavy atom. The van der Waals surface area contributed by atoms with E-state index < -0.39 is 30.3 Å². The summed E-state index contributed by atoms with van der Waals surface area (Å²) in [4.78, 5) is 12.8. The van der Waals surface area contributed by atoms with Gasteiger partial charge in [0.25, 0.3) is 5.91 Å². The molecule has 0 bridgehead atoms. The Morgan fingerprint density at radius 3 is 2.83 bits per heavy atom. The standard InChI is InChI=1S/C20H19F3N4O3/c1-11(28)12-4-2-5-13(8-12)25-19(29)14-10-24-27-17(20(21,22)23)9-15(26-18(14)27)16-6-3-7-30-16/h2-8,10-11,15,17,26,28H,9H2,1H3,(H,25,29)/t11?,15-,17+/m1/s1. The van der Waals surface area contributed by atoms with Crippen LogP contribution < -0.4 is 10.6 Å². The maximum absolute atomic E-state index is 13.7. The van der Waals surface area contributed by atoms with E-state index in [2.05, 4.69) is 15.7 Å². The number of nitrogens with one attached hydrogen (secondary N) is 2. The third-order valence-corrected chi connectivity index (χ3v) is 5.00. The van der Waals surface area contributed by atoms with Crippen molar-refractivity contribution in [3.63, 3.8) is 0 Å². The van der Waals surface area contributed by atoms with E-state index in [1.165, 1.54) is 6.26 Å². The summed E-state index contributed by atoms with van der Waals surface area (Å²) in [6, 6.07) is 7.09. The van der Waals surface area contributed by atoms with Crippen molar-refractivity contribution in [1.82, 2.24) is 9.78 Å². The summed E-state index contributed by atoms with van der Waals surface area (Å²) in [5, 5.41) is 19.1. The first-order valence-corrected chi connectivity index (χ1v) is 9.27. The Bertz CT molecular complexity index is 1040. The molecule has 1 aliphatic rings. The monoisotopic (exact) mass is 420 g/mol. The smallest absolute Gasteiger partial charge is 0.410 e. The molecule has 3 heterocycles. The van der Waals surface area contributed by atoms with Gasteiger partial charge in [0.05, 0.1) is 24.6 Å². The molecule has 3 N–H and O–H groups in total. The van der Waals surface area contributed by atoms with Crippen LogP contribution in [0.3, 0.4) is 0 Å². The number of aromatic nitrogens is 2. The van der Waals surface area contributed by atoms with Crippen molar-refractivity contribution in [3.05, 3.63) is 65.7 Å². The molecule has 0 radical (unpaired) electrons. The molecule has 3 aromatic rings. The van der Waals surface area contributed by atoms with Crippen LogP contribution in [0.15, 0.2) is 53.3 Å². The molecule has 4 rings (SSSR count). The summed E-state index contributed by atoms with van der Waals surface area (Å²) < 4.78 is 47.1. The average molecular weight is 420 g/mol. The molecule has 1 aromatic carbocycles. The normalized spacial score (nSPS) is 19.6. The molecule has 10 heteroatoms. The van der Waals surface area contributed by atoms with Crippen LogP contribution in [0.2, 0.25) is 0 Å². The number of benzene rings is 1. The number of halogens is 3. The first-order valence-electron chi connectivity index (χ1n) is 9.27. The fourth-order valence-corrected chi connectivity index (χ4v) is 3.48. The third-order valence-electron chi connectivity index (χ3n) is 5.00. The minimum atomic E-state index is -4.55. The van der Waals surface area contributed by atoms with Gasteiger partial charge in [0, 0.05) is 12.1 Å². The van der Waals surface area contributed by atoms with E-state index in [4.69, 9.17) is 4.42 Å². The lowest BCUT2D eigenvalue weighted by molar-refractivity contribution is -0.174. The van der Waals surface area contributed by atoms with Crippen molar-refractivity contribution < 1.29 is 27.5 Å². The summed E-state index contributed by atoms with van der Waals surface area (Å²) in [6.45, 7) is 1.59. The van der Waals surface area contributed by atoms with E-state index in [0.717, 1.165) is 10.9 Å². The fourth-order valence-electron chi connectivity index (χ4n) is 3.48. The number of carbonyl (C=O) groups is 1. The highest BCUT2D eigenvalue weighted by Crippen LogP contribution is 2.44. The van der Waals surface area contributed by atoms with Gasteiger partial charge in [0.15, 0.2) is 6.04 Å². The summed E-state index contributed by atoms with van der Waals surface area (Å²) in [5.74, 6) is -0.311. The summed E-state index contributed by atoms with van der Waals surface area (Å²) in [6.07, 6.45) is -3.10. The van der Waals surface area contributed by atoms with E-state index in [1.54, 1.807) is 43.3 Å². The molecular weight excluding hydrogens is 401 g/mol. The number of furan rings is 1. The van der Waals surface area contributed by atoms with Gasteiger partial charge >= 0.3 is 6.18 Å². The van der Waals surface area contributed by atoms with Crippen molar-refractivity contribution in [2.45, 2.75) is 37.7 Å². The number of hydrogen-bond acceptors (Lipinski definition) is 5. The topological polar surface area (TPSA) is 92.3 Å². The predicted molar refractivity (Wildman–Crippen MR) is 102 cm³/mol. The van der Waals surface area contributed by atoms with Crippen molar-refractivity contribution in [2.24, 2.45) is 0 Å². The van der Waals surface area contributed by atoms with Gasteiger partial charge in [-0.15, -0.1) is 0 Å². The van der Waals surface area contributed by atoms with Crippen LogP contribution in [0.5, 0.6) is 0 Å². The maximum Gasteiger partial charge on any atom is 0.410 e. The minimum Gasteiger partial charge on any atom is -0.467 e. The van der Waals surface area contributed by atoms with Gasteiger partial charge in [-0.25, -0.2) is 4.68 Å². The van der Waals surface area contributed by atoms with Crippen LogP contribution in [0, 0.1) is 0 Å². The third kappa shape index (κ3) is 3.78. The van der Waals surface area contributed by atoms with Crippen molar-refractivity contribution in [2.75, 3.05) is 10.6 Å². The number of amides is 1. The zero-order valence-corrected chi connectivity index (χ0v) is 15.8. The van der Waals surface area contributed by atoms with Crippen LogP contribution >= 0.6 is 0 Å². The number of carbonyl (C=O) groups excluding carboxylic acids is 1. The highest BCUT2D eigenvalue weighted by molar-refractivity contribution is 6.07. The van der Waals surface area contributed by atoms with E-state index in [0.29, 0.717) is 17.0 Å². The van der Waals surface area contributed by atoms with Crippen LogP contribution in [-0.4, -0.2) is 27.0 Å². The fraction of sp³-hybridized carbons (Fsp3) is 0.300. The van der Waals surface area contributed by atoms with Gasteiger partial charge in [-0.05, 0) is 36.8 Å². The molecule has 158 valence electrons. The van der Waals surface area contributed by atoms with Gasteiger partial charge < -0.3 is 20.2 Å². The minimum absolute atomic E-state index is 0.0250. The van der Waals surface area contributed by atoms with Gasteiger partial charge in [-0.3, -0.25) is 4.79 Å².